The molecule has 0 atom stereocenters. The number of hydrogen-bond acceptors (Lipinski definition) is 5. The van der Waals surface area contributed by atoms with Crippen LogP contribution in [0.2, 0.25) is 0 Å². The van der Waals surface area contributed by atoms with Crippen molar-refractivity contribution in [3.63, 3.8) is 0 Å². The Labute approximate surface area is 154 Å². The molecule has 0 aliphatic carbocycles. The third-order valence-corrected chi connectivity index (χ3v) is 5.34. The fourth-order valence-corrected chi connectivity index (χ4v) is 3.83. The maximum Gasteiger partial charge on any atom is 0.409 e. The number of rotatable bonds is 7. The van der Waals surface area contributed by atoms with Crippen LogP contribution < -0.4 is 0 Å². The molecule has 1 amide bonds. The molecule has 0 unspecified atom stereocenters. The Morgan fingerprint density at radius 1 is 1.16 bits per heavy atom. The predicted octanol–water partition coefficient (Wildman–Crippen LogP) is 2.96. The van der Waals surface area contributed by atoms with Gasteiger partial charge < -0.3 is 9.64 Å². The van der Waals surface area contributed by atoms with Crippen molar-refractivity contribution in [1.29, 1.82) is 0 Å². The second kappa shape index (κ2) is 10.5. The minimum atomic E-state index is -0.246. The topological polar surface area (TPSA) is 49.9 Å². The number of ether oxygens (including phenoxy) is 1. The molecule has 1 saturated heterocycles. The van der Waals surface area contributed by atoms with Crippen molar-refractivity contribution in [2.24, 2.45) is 0 Å². The van der Waals surface area contributed by atoms with E-state index >= 15 is 0 Å². The van der Waals surface area contributed by atoms with Crippen molar-refractivity contribution in [2.45, 2.75) is 26.0 Å². The van der Waals surface area contributed by atoms with E-state index in [1.165, 1.54) is 11.1 Å². The first kappa shape index (κ1) is 19.8. The zero-order chi connectivity index (χ0) is 18.1. The van der Waals surface area contributed by atoms with Crippen LogP contribution in [0.15, 0.2) is 24.3 Å². The summed E-state index contributed by atoms with van der Waals surface area (Å²) in [6.07, 6.45) is 0.632. The average molecular weight is 365 g/mol. The smallest absolute Gasteiger partial charge is 0.409 e. The Morgan fingerprint density at radius 2 is 1.96 bits per heavy atom. The van der Waals surface area contributed by atoms with Gasteiger partial charge >= 0.3 is 6.09 Å². The first-order valence-electron chi connectivity index (χ1n) is 8.88. The molecule has 0 aromatic heterocycles. The van der Waals surface area contributed by atoms with Gasteiger partial charge in [-0.2, -0.15) is 0 Å². The Bertz CT molecular complexity index is 580. The van der Waals surface area contributed by atoms with E-state index in [1.54, 1.807) is 16.7 Å². The summed E-state index contributed by atoms with van der Waals surface area (Å²) in [6, 6.07) is 8.29. The molecule has 1 aromatic rings. The summed E-state index contributed by atoms with van der Waals surface area (Å²) < 4.78 is 5.06. The van der Waals surface area contributed by atoms with E-state index < -0.39 is 0 Å². The van der Waals surface area contributed by atoms with Crippen LogP contribution >= 0.6 is 11.8 Å². The Kier molecular flexibility index (Phi) is 8.28. The van der Waals surface area contributed by atoms with Crippen molar-refractivity contribution >= 4 is 23.6 Å². The van der Waals surface area contributed by atoms with Gasteiger partial charge in [0, 0.05) is 31.9 Å². The van der Waals surface area contributed by atoms with Gasteiger partial charge in [0.2, 0.25) is 0 Å². The van der Waals surface area contributed by atoms with Gasteiger partial charge in [0.05, 0.1) is 18.9 Å². The second-order valence-electron chi connectivity index (χ2n) is 6.27. The lowest BCUT2D eigenvalue weighted by Gasteiger charge is -2.20. The second-order valence-corrected chi connectivity index (χ2v) is 7.26. The minimum absolute atomic E-state index is 0.246. The number of thioether (sulfide) groups is 1. The third-order valence-electron chi connectivity index (χ3n) is 4.30. The quantitative estimate of drug-likeness (QED) is 0.744. The van der Waals surface area contributed by atoms with Crippen LogP contribution in [0.4, 0.5) is 4.79 Å². The number of Topliss-reactive ketones (excluding diaryl/α,β-unsaturated/α-hetero) is 1. The van der Waals surface area contributed by atoms with Gasteiger partial charge in [0.15, 0.2) is 5.78 Å². The van der Waals surface area contributed by atoms with E-state index in [1.807, 2.05) is 19.1 Å². The first-order chi connectivity index (χ1) is 12.1. The van der Waals surface area contributed by atoms with Gasteiger partial charge in [-0.1, -0.05) is 24.3 Å². The number of benzene rings is 1. The number of ketones is 1. The summed E-state index contributed by atoms with van der Waals surface area (Å²) in [5, 5.41) is 0. The Hall–Kier alpha value is -1.53. The molecule has 1 aromatic carbocycles. The molecule has 25 heavy (non-hydrogen) atoms. The van der Waals surface area contributed by atoms with Gasteiger partial charge in [0.25, 0.3) is 0 Å². The number of nitrogens with zero attached hydrogens (tertiary/aromatic N) is 2. The van der Waals surface area contributed by atoms with Gasteiger partial charge in [0.1, 0.15) is 0 Å². The van der Waals surface area contributed by atoms with Crippen LogP contribution in [0, 0.1) is 6.92 Å². The number of carbonyl (C=O) groups is 2. The van der Waals surface area contributed by atoms with E-state index in [9.17, 15) is 9.59 Å². The lowest BCUT2D eigenvalue weighted by molar-refractivity contribution is -0.117. The fourth-order valence-electron chi connectivity index (χ4n) is 2.87. The van der Waals surface area contributed by atoms with Crippen LogP contribution in [-0.2, 0) is 15.3 Å². The summed E-state index contributed by atoms with van der Waals surface area (Å²) in [5.74, 6) is 1.66. The molecular weight excluding hydrogens is 336 g/mol. The number of aryl methyl sites for hydroxylation is 1. The summed E-state index contributed by atoms with van der Waals surface area (Å²) in [6.45, 7) is 7.69. The predicted molar refractivity (Wildman–Crippen MR) is 102 cm³/mol. The van der Waals surface area contributed by atoms with Crippen LogP contribution in [0.3, 0.4) is 0 Å². The SMILES string of the molecule is CCOC(=O)N1CCCN(CC(=O)CSCc2ccccc2C)CC1. The van der Waals surface area contributed by atoms with Crippen LogP contribution in [-0.4, -0.2) is 66.8 Å². The van der Waals surface area contributed by atoms with Crippen molar-refractivity contribution in [3.05, 3.63) is 35.4 Å². The zero-order valence-electron chi connectivity index (χ0n) is 15.2. The Morgan fingerprint density at radius 3 is 2.72 bits per heavy atom. The summed E-state index contributed by atoms with van der Waals surface area (Å²) >= 11 is 1.67. The van der Waals surface area contributed by atoms with E-state index in [4.69, 9.17) is 4.74 Å². The van der Waals surface area contributed by atoms with Gasteiger partial charge in [-0.3, -0.25) is 9.69 Å². The maximum absolute atomic E-state index is 12.2. The molecule has 1 heterocycles. The van der Waals surface area contributed by atoms with E-state index in [-0.39, 0.29) is 11.9 Å². The first-order valence-corrected chi connectivity index (χ1v) is 10.0. The highest BCUT2D eigenvalue weighted by Gasteiger charge is 2.21. The minimum Gasteiger partial charge on any atom is -0.450 e. The number of amides is 1. The summed E-state index contributed by atoms with van der Waals surface area (Å²) in [5.41, 5.74) is 2.56. The Balaban J connectivity index is 1.70. The van der Waals surface area contributed by atoms with Gasteiger partial charge in [-0.15, -0.1) is 11.8 Å². The molecule has 1 aliphatic rings. The molecule has 2 rings (SSSR count). The highest BCUT2D eigenvalue weighted by molar-refractivity contribution is 7.99. The monoisotopic (exact) mass is 364 g/mol. The molecule has 0 saturated carbocycles. The van der Waals surface area contributed by atoms with E-state index in [0.717, 1.165) is 25.3 Å². The lowest BCUT2D eigenvalue weighted by Crippen LogP contribution is -2.37. The van der Waals surface area contributed by atoms with Crippen LogP contribution in [0.5, 0.6) is 0 Å². The van der Waals surface area contributed by atoms with Crippen molar-refractivity contribution in [2.75, 3.05) is 45.1 Å². The summed E-state index contributed by atoms with van der Waals surface area (Å²) in [7, 11) is 0. The van der Waals surface area contributed by atoms with E-state index in [2.05, 4.69) is 24.0 Å². The molecule has 0 N–H and O–H groups in total. The molecular formula is C19H28N2O3S. The maximum atomic E-state index is 12.2. The van der Waals surface area contributed by atoms with Gasteiger partial charge in [-0.25, -0.2) is 4.79 Å². The van der Waals surface area contributed by atoms with Crippen molar-refractivity contribution in [3.8, 4) is 0 Å². The van der Waals surface area contributed by atoms with Crippen molar-refractivity contribution < 1.29 is 14.3 Å². The molecule has 1 fully saturated rings. The molecule has 1 aliphatic heterocycles. The number of carbonyl (C=O) groups excluding carboxylic acids is 2. The van der Waals surface area contributed by atoms with Gasteiger partial charge in [-0.05, 0) is 31.4 Å². The summed E-state index contributed by atoms with van der Waals surface area (Å²) in [4.78, 5) is 27.9. The standard InChI is InChI=1S/C19H28N2O3S/c1-3-24-19(23)21-10-6-9-20(11-12-21)13-18(22)15-25-14-17-8-5-4-7-16(17)2/h4-5,7-8H,3,6,9-15H2,1-2H3. The average Bonchev–Trinajstić information content (AvgIpc) is 2.82. The molecule has 138 valence electrons. The highest BCUT2D eigenvalue weighted by atomic mass is 32.2. The largest absolute Gasteiger partial charge is 0.450 e. The fraction of sp³-hybridized carbons (Fsp3) is 0.579. The lowest BCUT2D eigenvalue weighted by atomic mass is 10.1. The number of hydrogen-bond donors (Lipinski definition) is 0. The third kappa shape index (κ3) is 6.71. The van der Waals surface area contributed by atoms with E-state index in [0.29, 0.717) is 32.0 Å². The molecule has 0 radical (unpaired) electrons. The molecule has 5 nitrogen and oxygen atoms in total. The highest BCUT2D eigenvalue weighted by Crippen LogP contribution is 2.16. The normalized spacial score (nSPS) is 15.7. The zero-order valence-corrected chi connectivity index (χ0v) is 16.0. The van der Waals surface area contributed by atoms with Crippen molar-refractivity contribution in [1.82, 2.24) is 9.80 Å². The van der Waals surface area contributed by atoms with Crippen LogP contribution in [0.25, 0.3) is 0 Å². The molecule has 0 spiro atoms. The molecule has 0 bridgehead atoms. The van der Waals surface area contributed by atoms with Crippen LogP contribution in [0.1, 0.15) is 24.5 Å². The molecule has 6 heteroatoms.